The minimum atomic E-state index is -3.49. The maximum Gasteiger partial charge on any atom is 0.253 e. The van der Waals surface area contributed by atoms with Crippen LogP contribution in [0.1, 0.15) is 0 Å². The van der Waals surface area contributed by atoms with Gasteiger partial charge < -0.3 is 5.73 Å². The number of nitrogens with two attached hydrogens (primary N) is 1. The minimum absolute atomic E-state index is 0.159. The molecule has 0 radical (unpaired) electrons. The van der Waals surface area contributed by atoms with E-state index in [2.05, 4.69) is 4.83 Å². The van der Waals surface area contributed by atoms with Crippen molar-refractivity contribution in [3.8, 4) is 0 Å². The van der Waals surface area contributed by atoms with Crippen molar-refractivity contribution in [1.29, 1.82) is 0 Å². The third-order valence-corrected chi connectivity index (χ3v) is 2.95. The molecule has 0 saturated carbocycles. The molecule has 0 bridgehead atoms. The molecule has 0 aliphatic heterocycles. The highest BCUT2D eigenvalue weighted by Crippen LogP contribution is 2.12. The number of sulfonamides is 1. The quantitative estimate of drug-likeness (QED) is 0.550. The van der Waals surface area contributed by atoms with Crippen LogP contribution < -0.4 is 10.6 Å². The summed E-state index contributed by atoms with van der Waals surface area (Å²) in [5.74, 6) is 0. The normalized spacial score (nSPS) is 11.9. The fourth-order valence-electron chi connectivity index (χ4n) is 0.975. The van der Waals surface area contributed by atoms with Crippen LogP contribution in [-0.4, -0.2) is 27.5 Å². The zero-order chi connectivity index (χ0) is 10.8. The Hall–Kier alpha value is -1.11. The smallest absolute Gasteiger partial charge is 0.253 e. The summed E-state index contributed by atoms with van der Waals surface area (Å²) in [5, 5.41) is 1.36. The molecule has 78 valence electrons. The van der Waals surface area contributed by atoms with Crippen LogP contribution in [0.25, 0.3) is 0 Å². The van der Waals surface area contributed by atoms with E-state index in [1.54, 1.807) is 26.2 Å². The summed E-state index contributed by atoms with van der Waals surface area (Å²) in [4.78, 5) is 2.47. The van der Waals surface area contributed by atoms with Crippen molar-refractivity contribution in [2.24, 2.45) is 0 Å². The first-order valence-electron chi connectivity index (χ1n) is 3.97. The molecule has 0 atom stereocenters. The minimum Gasteiger partial charge on any atom is -0.399 e. The SMILES string of the molecule is CN(C)NS(=O)(=O)c1cccc(N)c1. The van der Waals surface area contributed by atoms with Crippen molar-refractivity contribution in [2.75, 3.05) is 19.8 Å². The van der Waals surface area contributed by atoms with E-state index in [0.717, 1.165) is 0 Å². The predicted molar refractivity (Wildman–Crippen MR) is 54.9 cm³/mol. The van der Waals surface area contributed by atoms with Gasteiger partial charge in [0.25, 0.3) is 10.0 Å². The van der Waals surface area contributed by atoms with Gasteiger partial charge in [0.05, 0.1) is 4.90 Å². The molecule has 1 rings (SSSR count). The summed E-state index contributed by atoms with van der Waals surface area (Å²) >= 11 is 0. The number of nitrogens with one attached hydrogen (secondary N) is 1. The van der Waals surface area contributed by atoms with E-state index >= 15 is 0 Å². The Kier molecular flexibility index (Phi) is 3.10. The average molecular weight is 215 g/mol. The highest BCUT2D eigenvalue weighted by Gasteiger charge is 2.14. The van der Waals surface area contributed by atoms with E-state index < -0.39 is 10.0 Å². The van der Waals surface area contributed by atoms with Gasteiger partial charge in [-0.2, -0.15) is 0 Å². The first-order chi connectivity index (χ1) is 6.42. The lowest BCUT2D eigenvalue weighted by molar-refractivity contribution is 0.364. The second kappa shape index (κ2) is 3.95. The standard InChI is InChI=1S/C8H13N3O2S/c1-11(2)10-14(12,13)8-5-3-4-7(9)6-8/h3-6,10H,9H2,1-2H3. The molecular weight excluding hydrogens is 202 g/mol. The van der Waals surface area contributed by atoms with E-state index in [1.165, 1.54) is 17.1 Å². The number of nitrogen functional groups attached to an aromatic ring is 1. The maximum absolute atomic E-state index is 11.6. The van der Waals surface area contributed by atoms with Gasteiger partial charge in [-0.25, -0.2) is 13.4 Å². The number of hydrogen-bond donors (Lipinski definition) is 2. The van der Waals surface area contributed by atoms with Crippen molar-refractivity contribution in [1.82, 2.24) is 9.84 Å². The van der Waals surface area contributed by atoms with Gasteiger partial charge >= 0.3 is 0 Å². The molecule has 0 aliphatic rings. The Balaban J connectivity index is 3.05. The van der Waals surface area contributed by atoms with Crippen LogP contribution in [0.5, 0.6) is 0 Å². The molecule has 1 aromatic rings. The van der Waals surface area contributed by atoms with E-state index in [4.69, 9.17) is 5.73 Å². The molecule has 0 unspecified atom stereocenters. The summed E-state index contributed by atoms with van der Waals surface area (Å²) in [7, 11) is -0.284. The van der Waals surface area contributed by atoms with Gasteiger partial charge in [-0.15, -0.1) is 4.83 Å². The van der Waals surface area contributed by atoms with Gasteiger partial charge in [-0.05, 0) is 18.2 Å². The third kappa shape index (κ3) is 2.69. The van der Waals surface area contributed by atoms with Crippen LogP contribution in [0.2, 0.25) is 0 Å². The lowest BCUT2D eigenvalue weighted by atomic mass is 10.3. The molecule has 0 aromatic heterocycles. The highest BCUT2D eigenvalue weighted by molar-refractivity contribution is 7.89. The van der Waals surface area contributed by atoms with Gasteiger partial charge in [0, 0.05) is 19.8 Å². The average Bonchev–Trinajstić information content (AvgIpc) is 2.01. The summed E-state index contributed by atoms with van der Waals surface area (Å²) in [5.41, 5.74) is 5.90. The van der Waals surface area contributed by atoms with Gasteiger partial charge in [0.1, 0.15) is 0 Å². The summed E-state index contributed by atoms with van der Waals surface area (Å²) in [6.07, 6.45) is 0. The van der Waals surface area contributed by atoms with Gasteiger partial charge in [0.15, 0.2) is 0 Å². The third-order valence-electron chi connectivity index (χ3n) is 1.47. The second-order valence-electron chi connectivity index (χ2n) is 3.06. The molecular formula is C8H13N3O2S. The van der Waals surface area contributed by atoms with E-state index in [1.807, 2.05) is 0 Å². The molecule has 5 nitrogen and oxygen atoms in total. The molecule has 0 spiro atoms. The van der Waals surface area contributed by atoms with Gasteiger partial charge in [0.2, 0.25) is 0 Å². The number of hydrogen-bond acceptors (Lipinski definition) is 4. The van der Waals surface area contributed by atoms with Crippen molar-refractivity contribution in [2.45, 2.75) is 4.90 Å². The van der Waals surface area contributed by atoms with Crippen LogP contribution in [0, 0.1) is 0 Å². The Morgan fingerprint density at radius 1 is 1.36 bits per heavy atom. The van der Waals surface area contributed by atoms with Gasteiger partial charge in [-0.3, -0.25) is 0 Å². The largest absolute Gasteiger partial charge is 0.399 e. The molecule has 0 amide bonds. The van der Waals surface area contributed by atoms with E-state index in [0.29, 0.717) is 5.69 Å². The predicted octanol–water partition coefficient (Wildman–Crippen LogP) is 0.0237. The lowest BCUT2D eigenvalue weighted by Gasteiger charge is -2.12. The topological polar surface area (TPSA) is 75.4 Å². The monoisotopic (exact) mass is 215 g/mol. The Morgan fingerprint density at radius 3 is 2.50 bits per heavy atom. The number of benzene rings is 1. The number of nitrogens with zero attached hydrogens (tertiary/aromatic N) is 1. The van der Waals surface area contributed by atoms with Crippen LogP contribution in [0.4, 0.5) is 5.69 Å². The molecule has 6 heteroatoms. The van der Waals surface area contributed by atoms with Crippen molar-refractivity contribution in [3.05, 3.63) is 24.3 Å². The van der Waals surface area contributed by atoms with Crippen molar-refractivity contribution in [3.63, 3.8) is 0 Å². The Morgan fingerprint density at radius 2 is 2.00 bits per heavy atom. The first kappa shape index (κ1) is 11.0. The molecule has 1 aromatic carbocycles. The first-order valence-corrected chi connectivity index (χ1v) is 5.45. The number of hydrazine groups is 1. The zero-order valence-electron chi connectivity index (χ0n) is 8.06. The zero-order valence-corrected chi connectivity index (χ0v) is 8.88. The van der Waals surface area contributed by atoms with Crippen molar-refractivity contribution >= 4 is 15.7 Å². The van der Waals surface area contributed by atoms with Crippen LogP contribution in [-0.2, 0) is 10.0 Å². The Labute approximate surface area is 83.5 Å². The van der Waals surface area contributed by atoms with Gasteiger partial charge in [-0.1, -0.05) is 6.07 Å². The molecule has 3 N–H and O–H groups in total. The van der Waals surface area contributed by atoms with Crippen LogP contribution in [0.3, 0.4) is 0 Å². The highest BCUT2D eigenvalue weighted by atomic mass is 32.2. The lowest BCUT2D eigenvalue weighted by Crippen LogP contribution is -2.36. The Bertz CT molecular complexity index is 414. The molecule has 0 aliphatic carbocycles. The molecule has 0 heterocycles. The van der Waals surface area contributed by atoms with Crippen LogP contribution >= 0.6 is 0 Å². The fraction of sp³-hybridized carbons (Fsp3) is 0.250. The summed E-state index contributed by atoms with van der Waals surface area (Å²) < 4.78 is 23.2. The molecule has 0 fully saturated rings. The summed E-state index contributed by atoms with van der Waals surface area (Å²) in [6, 6.07) is 6.13. The summed E-state index contributed by atoms with van der Waals surface area (Å²) in [6.45, 7) is 0. The van der Waals surface area contributed by atoms with Crippen LogP contribution in [0.15, 0.2) is 29.2 Å². The maximum atomic E-state index is 11.6. The number of rotatable bonds is 3. The number of anilines is 1. The van der Waals surface area contributed by atoms with E-state index in [9.17, 15) is 8.42 Å². The molecule has 0 saturated heterocycles. The molecule has 14 heavy (non-hydrogen) atoms. The second-order valence-corrected chi connectivity index (χ2v) is 4.72. The van der Waals surface area contributed by atoms with E-state index in [-0.39, 0.29) is 4.90 Å². The fourth-order valence-corrected chi connectivity index (χ4v) is 2.11. The van der Waals surface area contributed by atoms with Crippen molar-refractivity contribution < 1.29 is 8.42 Å².